The summed E-state index contributed by atoms with van der Waals surface area (Å²) < 4.78 is 35.8. The highest BCUT2D eigenvalue weighted by molar-refractivity contribution is 5.78. The van der Waals surface area contributed by atoms with Gasteiger partial charge in [-0.15, -0.1) is 0 Å². The molecule has 0 radical (unpaired) electrons. The van der Waals surface area contributed by atoms with Crippen LogP contribution >= 0.6 is 0 Å². The summed E-state index contributed by atoms with van der Waals surface area (Å²) in [5, 5.41) is 2.29. The smallest absolute Gasteiger partial charge is 0.369 e. The zero-order valence-corrected chi connectivity index (χ0v) is 9.22. The van der Waals surface area contributed by atoms with Crippen LogP contribution in [0.15, 0.2) is 0 Å². The molecule has 2 amide bonds. The Morgan fingerprint density at radius 3 is 2.47 bits per heavy atom. The van der Waals surface area contributed by atoms with Gasteiger partial charge in [-0.25, -0.2) is 0 Å². The lowest BCUT2D eigenvalue weighted by atomic mass is 9.85. The summed E-state index contributed by atoms with van der Waals surface area (Å²) in [5.74, 6) is -1.85. The minimum atomic E-state index is -4.50. The molecule has 2 unspecified atom stereocenters. The van der Waals surface area contributed by atoms with E-state index in [2.05, 4.69) is 5.32 Å². The van der Waals surface area contributed by atoms with E-state index in [1.54, 1.807) is 0 Å². The topological polar surface area (TPSA) is 72.2 Å². The Morgan fingerprint density at radius 1 is 1.29 bits per heavy atom. The SMILES string of the molecule is NC(=O)C1CCCC(NC(=O)CC(F)(F)F)C1. The quantitative estimate of drug-likeness (QED) is 0.789. The first-order valence-corrected chi connectivity index (χ1v) is 5.43. The minimum absolute atomic E-state index is 0.332. The van der Waals surface area contributed by atoms with E-state index >= 15 is 0 Å². The number of primary amides is 1. The van der Waals surface area contributed by atoms with Gasteiger partial charge in [0.2, 0.25) is 11.8 Å². The maximum atomic E-state index is 11.9. The van der Waals surface area contributed by atoms with Crippen LogP contribution in [0.25, 0.3) is 0 Å². The van der Waals surface area contributed by atoms with Crippen molar-refractivity contribution in [2.24, 2.45) is 11.7 Å². The molecular formula is C10H15F3N2O2. The number of carbonyl (C=O) groups is 2. The second-order valence-corrected chi connectivity index (χ2v) is 4.32. The molecule has 1 fully saturated rings. The molecule has 17 heavy (non-hydrogen) atoms. The van der Waals surface area contributed by atoms with Crippen molar-refractivity contribution in [3.63, 3.8) is 0 Å². The third kappa shape index (κ3) is 5.06. The first kappa shape index (κ1) is 13.8. The molecule has 0 spiro atoms. The molecule has 1 rings (SSSR count). The molecule has 1 aliphatic rings. The Morgan fingerprint density at radius 2 is 1.94 bits per heavy atom. The average Bonchev–Trinajstić information content (AvgIpc) is 2.14. The molecule has 0 bridgehead atoms. The highest BCUT2D eigenvalue weighted by Gasteiger charge is 2.33. The van der Waals surface area contributed by atoms with E-state index in [0.29, 0.717) is 25.7 Å². The predicted molar refractivity (Wildman–Crippen MR) is 53.8 cm³/mol. The Hall–Kier alpha value is -1.27. The molecule has 0 aromatic heterocycles. The zero-order valence-electron chi connectivity index (χ0n) is 9.22. The molecule has 98 valence electrons. The van der Waals surface area contributed by atoms with Crippen LogP contribution in [-0.4, -0.2) is 24.0 Å². The van der Waals surface area contributed by atoms with Crippen molar-refractivity contribution >= 4 is 11.8 Å². The van der Waals surface area contributed by atoms with Crippen LogP contribution in [0.1, 0.15) is 32.1 Å². The van der Waals surface area contributed by atoms with Crippen molar-refractivity contribution in [2.75, 3.05) is 0 Å². The number of nitrogens with one attached hydrogen (secondary N) is 1. The number of nitrogens with two attached hydrogens (primary N) is 1. The van der Waals surface area contributed by atoms with E-state index in [4.69, 9.17) is 5.73 Å². The van der Waals surface area contributed by atoms with E-state index in [0.717, 1.165) is 0 Å². The molecule has 0 aromatic rings. The van der Waals surface area contributed by atoms with E-state index in [1.807, 2.05) is 0 Å². The molecule has 0 aliphatic heterocycles. The number of amides is 2. The second kappa shape index (κ2) is 5.37. The van der Waals surface area contributed by atoms with E-state index in [-0.39, 0.29) is 12.0 Å². The number of hydrogen-bond donors (Lipinski definition) is 2. The normalized spacial score (nSPS) is 25.4. The van der Waals surface area contributed by atoms with Crippen molar-refractivity contribution in [3.8, 4) is 0 Å². The Labute approximate surface area is 96.7 Å². The molecule has 1 saturated carbocycles. The lowest BCUT2D eigenvalue weighted by Crippen LogP contribution is -2.42. The number of halogens is 3. The van der Waals surface area contributed by atoms with Crippen molar-refractivity contribution < 1.29 is 22.8 Å². The fourth-order valence-corrected chi connectivity index (χ4v) is 2.04. The second-order valence-electron chi connectivity index (χ2n) is 4.32. The maximum absolute atomic E-state index is 11.9. The molecule has 0 heterocycles. The summed E-state index contributed by atoms with van der Waals surface area (Å²) in [4.78, 5) is 22.0. The highest BCUT2D eigenvalue weighted by atomic mass is 19.4. The van der Waals surface area contributed by atoms with Crippen molar-refractivity contribution in [2.45, 2.75) is 44.3 Å². The first-order chi connectivity index (χ1) is 7.78. The Balaban J connectivity index is 2.41. The van der Waals surface area contributed by atoms with Gasteiger partial charge in [-0.3, -0.25) is 9.59 Å². The standard InChI is InChI=1S/C10H15F3N2O2/c11-10(12,13)5-8(16)15-7-3-1-2-6(4-7)9(14)17/h6-7H,1-5H2,(H2,14,17)(H,15,16). The monoisotopic (exact) mass is 252 g/mol. The Bertz CT molecular complexity index is 304. The van der Waals surface area contributed by atoms with Gasteiger partial charge in [-0.1, -0.05) is 6.42 Å². The third-order valence-corrected chi connectivity index (χ3v) is 2.80. The van der Waals surface area contributed by atoms with E-state index < -0.39 is 24.4 Å². The van der Waals surface area contributed by atoms with Crippen molar-refractivity contribution in [1.29, 1.82) is 0 Å². The van der Waals surface area contributed by atoms with Gasteiger partial charge in [0.05, 0.1) is 0 Å². The average molecular weight is 252 g/mol. The minimum Gasteiger partial charge on any atom is -0.369 e. The van der Waals surface area contributed by atoms with Crippen LogP contribution in [-0.2, 0) is 9.59 Å². The number of rotatable bonds is 3. The summed E-state index contributed by atoms with van der Waals surface area (Å²) in [5.41, 5.74) is 5.13. The van der Waals surface area contributed by atoms with Crippen LogP contribution in [0.3, 0.4) is 0 Å². The molecule has 1 aliphatic carbocycles. The van der Waals surface area contributed by atoms with Gasteiger partial charge in [0.15, 0.2) is 0 Å². The third-order valence-electron chi connectivity index (χ3n) is 2.80. The van der Waals surface area contributed by atoms with Gasteiger partial charge in [-0.05, 0) is 19.3 Å². The largest absolute Gasteiger partial charge is 0.397 e. The van der Waals surface area contributed by atoms with Crippen LogP contribution in [0.2, 0.25) is 0 Å². The van der Waals surface area contributed by atoms with Crippen LogP contribution in [0, 0.1) is 5.92 Å². The van der Waals surface area contributed by atoms with E-state index in [1.165, 1.54) is 0 Å². The van der Waals surface area contributed by atoms with E-state index in [9.17, 15) is 22.8 Å². The number of alkyl halides is 3. The molecule has 0 saturated heterocycles. The molecule has 4 nitrogen and oxygen atoms in total. The fraction of sp³-hybridized carbons (Fsp3) is 0.800. The van der Waals surface area contributed by atoms with Gasteiger partial charge >= 0.3 is 6.18 Å². The van der Waals surface area contributed by atoms with Crippen LogP contribution in [0.4, 0.5) is 13.2 Å². The molecule has 2 atom stereocenters. The maximum Gasteiger partial charge on any atom is 0.397 e. The van der Waals surface area contributed by atoms with Gasteiger partial charge in [0, 0.05) is 12.0 Å². The van der Waals surface area contributed by atoms with Gasteiger partial charge in [0.1, 0.15) is 6.42 Å². The molecule has 7 heteroatoms. The Kier molecular flexibility index (Phi) is 4.36. The predicted octanol–water partition coefficient (Wildman–Crippen LogP) is 1.10. The first-order valence-electron chi connectivity index (χ1n) is 5.43. The van der Waals surface area contributed by atoms with Crippen LogP contribution < -0.4 is 11.1 Å². The molecule has 0 aromatic carbocycles. The van der Waals surface area contributed by atoms with Gasteiger partial charge in [0.25, 0.3) is 0 Å². The van der Waals surface area contributed by atoms with Crippen molar-refractivity contribution in [3.05, 3.63) is 0 Å². The molecule has 3 N–H and O–H groups in total. The lowest BCUT2D eigenvalue weighted by molar-refractivity contribution is -0.154. The lowest BCUT2D eigenvalue weighted by Gasteiger charge is -2.28. The number of carbonyl (C=O) groups excluding carboxylic acids is 2. The summed E-state index contributed by atoms with van der Waals surface area (Å²) in [6, 6.07) is -0.379. The van der Waals surface area contributed by atoms with Gasteiger partial charge in [-0.2, -0.15) is 13.2 Å². The fourth-order valence-electron chi connectivity index (χ4n) is 2.04. The van der Waals surface area contributed by atoms with Crippen LogP contribution in [0.5, 0.6) is 0 Å². The van der Waals surface area contributed by atoms with Crippen molar-refractivity contribution in [1.82, 2.24) is 5.32 Å². The zero-order chi connectivity index (χ0) is 13.1. The highest BCUT2D eigenvalue weighted by Crippen LogP contribution is 2.25. The summed E-state index contributed by atoms with van der Waals surface area (Å²) in [7, 11) is 0. The molecular weight excluding hydrogens is 237 g/mol. The summed E-state index contributed by atoms with van der Waals surface area (Å²) in [6.45, 7) is 0. The number of hydrogen-bond acceptors (Lipinski definition) is 2. The summed E-state index contributed by atoms with van der Waals surface area (Å²) in [6.07, 6.45) is -3.73. The van der Waals surface area contributed by atoms with Gasteiger partial charge < -0.3 is 11.1 Å². The summed E-state index contributed by atoms with van der Waals surface area (Å²) >= 11 is 0.